The summed E-state index contributed by atoms with van der Waals surface area (Å²) in [5.74, 6) is 1.47. The van der Waals surface area contributed by atoms with Crippen molar-refractivity contribution in [3.8, 4) is 0 Å². The number of amidine groups is 1. The molecule has 1 saturated heterocycles. The fraction of sp³-hybridized carbons (Fsp3) is 0.364. The standard InChI is InChI=1S/C22H26ClN3S/c1-16(2)13-22(3)20(24-14-17-8-5-4-6-9-17)25-21(27)26(22)15-18-10-7-11-19(23)12-18/h4-12,16H,13-15H2,1-3H3,(H,24,25,27). The summed E-state index contributed by atoms with van der Waals surface area (Å²) in [6.07, 6.45) is 0.967. The Morgan fingerprint density at radius 3 is 2.48 bits per heavy atom. The van der Waals surface area contributed by atoms with Crippen LogP contribution in [0, 0.1) is 5.92 Å². The molecule has 0 aliphatic carbocycles. The second-order valence-electron chi connectivity index (χ2n) is 7.67. The minimum absolute atomic E-state index is 0.262. The zero-order chi connectivity index (χ0) is 19.4. The van der Waals surface area contributed by atoms with Crippen LogP contribution in [-0.4, -0.2) is 21.4 Å². The molecule has 0 radical (unpaired) electrons. The number of hydrogen-bond donors (Lipinski definition) is 1. The number of aliphatic imine (C=N–C) groups is 1. The van der Waals surface area contributed by atoms with Gasteiger partial charge in [-0.25, -0.2) is 0 Å². The van der Waals surface area contributed by atoms with Gasteiger partial charge in [0.2, 0.25) is 0 Å². The highest BCUT2D eigenvalue weighted by atomic mass is 35.5. The smallest absolute Gasteiger partial charge is 0.175 e. The minimum Gasteiger partial charge on any atom is -0.332 e. The van der Waals surface area contributed by atoms with Crippen LogP contribution in [0.4, 0.5) is 0 Å². The topological polar surface area (TPSA) is 27.6 Å². The third-order valence-electron chi connectivity index (χ3n) is 4.87. The second-order valence-corrected chi connectivity index (χ2v) is 8.49. The van der Waals surface area contributed by atoms with E-state index >= 15 is 0 Å². The molecule has 0 amide bonds. The van der Waals surface area contributed by atoms with Gasteiger partial charge in [0.25, 0.3) is 0 Å². The van der Waals surface area contributed by atoms with Crippen molar-refractivity contribution in [1.29, 1.82) is 0 Å². The van der Waals surface area contributed by atoms with Gasteiger partial charge in [-0.15, -0.1) is 0 Å². The molecule has 3 nitrogen and oxygen atoms in total. The number of benzene rings is 2. The SMILES string of the molecule is CC(C)CC1(C)C(=NCc2ccccc2)NC(=S)N1Cc1cccc(Cl)c1. The van der Waals surface area contributed by atoms with Gasteiger partial charge >= 0.3 is 0 Å². The van der Waals surface area contributed by atoms with Crippen LogP contribution in [0.2, 0.25) is 5.02 Å². The molecule has 1 aliphatic heterocycles. The molecule has 1 N–H and O–H groups in total. The van der Waals surface area contributed by atoms with Gasteiger partial charge in [0.1, 0.15) is 5.84 Å². The maximum Gasteiger partial charge on any atom is 0.175 e. The largest absolute Gasteiger partial charge is 0.332 e. The van der Waals surface area contributed by atoms with Crippen molar-refractivity contribution in [1.82, 2.24) is 10.2 Å². The first-order valence-corrected chi connectivity index (χ1v) is 10.1. The molecule has 1 heterocycles. The van der Waals surface area contributed by atoms with Crippen molar-refractivity contribution >= 4 is 34.8 Å². The Balaban J connectivity index is 1.89. The predicted molar refractivity (Wildman–Crippen MR) is 118 cm³/mol. The van der Waals surface area contributed by atoms with Gasteiger partial charge in [0.05, 0.1) is 12.1 Å². The molecule has 0 spiro atoms. The van der Waals surface area contributed by atoms with E-state index in [1.165, 1.54) is 5.56 Å². The maximum absolute atomic E-state index is 6.18. The van der Waals surface area contributed by atoms with Gasteiger partial charge in [-0.2, -0.15) is 0 Å². The lowest BCUT2D eigenvalue weighted by atomic mass is 9.88. The number of nitrogens with zero attached hydrogens (tertiary/aromatic N) is 2. The molecule has 1 atom stereocenters. The van der Waals surface area contributed by atoms with Crippen LogP contribution in [0.15, 0.2) is 59.6 Å². The number of halogens is 1. The van der Waals surface area contributed by atoms with E-state index in [4.69, 9.17) is 28.8 Å². The molecule has 0 saturated carbocycles. The zero-order valence-electron chi connectivity index (χ0n) is 16.1. The van der Waals surface area contributed by atoms with Crippen LogP contribution >= 0.6 is 23.8 Å². The molecule has 27 heavy (non-hydrogen) atoms. The van der Waals surface area contributed by atoms with Crippen LogP contribution < -0.4 is 5.32 Å². The van der Waals surface area contributed by atoms with Crippen LogP contribution in [0.1, 0.15) is 38.3 Å². The van der Waals surface area contributed by atoms with E-state index in [1.54, 1.807) is 0 Å². The minimum atomic E-state index is -0.262. The highest BCUT2D eigenvalue weighted by molar-refractivity contribution is 7.80. The van der Waals surface area contributed by atoms with E-state index in [9.17, 15) is 0 Å². The number of rotatable bonds is 6. The van der Waals surface area contributed by atoms with Crippen LogP contribution in [0.5, 0.6) is 0 Å². The fourth-order valence-electron chi connectivity index (χ4n) is 3.68. The molecule has 0 aromatic heterocycles. The molecule has 2 aromatic carbocycles. The van der Waals surface area contributed by atoms with Gasteiger partial charge in [-0.05, 0) is 54.7 Å². The Labute approximate surface area is 172 Å². The number of thiocarbonyl (C=S) groups is 1. The van der Waals surface area contributed by atoms with Crippen molar-refractivity contribution in [2.75, 3.05) is 0 Å². The quantitative estimate of drug-likeness (QED) is 0.656. The van der Waals surface area contributed by atoms with Crippen molar-refractivity contribution in [2.24, 2.45) is 10.9 Å². The fourth-order valence-corrected chi connectivity index (χ4v) is 4.26. The van der Waals surface area contributed by atoms with E-state index < -0.39 is 0 Å². The Bertz CT molecular complexity index is 834. The molecule has 142 valence electrons. The van der Waals surface area contributed by atoms with E-state index in [0.717, 1.165) is 28.0 Å². The lowest BCUT2D eigenvalue weighted by Crippen LogP contribution is -2.47. The third kappa shape index (κ3) is 4.69. The van der Waals surface area contributed by atoms with Gasteiger partial charge in [-0.1, -0.05) is 67.9 Å². The second kappa shape index (κ2) is 8.41. The van der Waals surface area contributed by atoms with Gasteiger partial charge in [0.15, 0.2) is 5.11 Å². The summed E-state index contributed by atoms with van der Waals surface area (Å²) in [7, 11) is 0. The molecule has 5 heteroatoms. The summed E-state index contributed by atoms with van der Waals surface area (Å²) in [5, 5.41) is 4.85. The lowest BCUT2D eigenvalue weighted by Gasteiger charge is -2.36. The Morgan fingerprint density at radius 2 is 1.81 bits per heavy atom. The first kappa shape index (κ1) is 19.8. The molecule has 3 rings (SSSR count). The Kier molecular flexibility index (Phi) is 6.18. The Hall–Kier alpha value is -1.91. The van der Waals surface area contributed by atoms with Crippen molar-refractivity contribution in [2.45, 2.75) is 45.8 Å². The molecule has 1 aliphatic rings. The van der Waals surface area contributed by atoms with E-state index in [2.05, 4.69) is 49.2 Å². The summed E-state index contributed by atoms with van der Waals surface area (Å²) in [6, 6.07) is 18.3. The summed E-state index contributed by atoms with van der Waals surface area (Å²) in [6.45, 7) is 8.05. The zero-order valence-corrected chi connectivity index (χ0v) is 17.6. The van der Waals surface area contributed by atoms with Gasteiger partial charge in [-0.3, -0.25) is 4.99 Å². The predicted octanol–water partition coefficient (Wildman–Crippen LogP) is 5.43. The van der Waals surface area contributed by atoms with Gasteiger partial charge in [0, 0.05) is 11.6 Å². The third-order valence-corrected chi connectivity index (χ3v) is 5.43. The van der Waals surface area contributed by atoms with E-state index in [1.807, 2.05) is 36.4 Å². The summed E-state index contributed by atoms with van der Waals surface area (Å²) < 4.78 is 0. The first-order valence-electron chi connectivity index (χ1n) is 9.30. The number of hydrogen-bond acceptors (Lipinski definition) is 2. The normalized spacial score (nSPS) is 21.1. The van der Waals surface area contributed by atoms with Crippen molar-refractivity contribution < 1.29 is 0 Å². The average Bonchev–Trinajstić information content (AvgIpc) is 2.84. The van der Waals surface area contributed by atoms with Crippen molar-refractivity contribution in [3.05, 3.63) is 70.7 Å². The molecule has 1 unspecified atom stereocenters. The molecule has 2 aromatic rings. The highest BCUT2D eigenvalue weighted by Crippen LogP contribution is 2.32. The van der Waals surface area contributed by atoms with Crippen LogP contribution in [0.25, 0.3) is 0 Å². The molecule has 0 bridgehead atoms. The molecule has 1 fully saturated rings. The Morgan fingerprint density at radius 1 is 1.11 bits per heavy atom. The van der Waals surface area contributed by atoms with Crippen molar-refractivity contribution in [3.63, 3.8) is 0 Å². The maximum atomic E-state index is 6.18. The van der Waals surface area contributed by atoms with E-state index in [-0.39, 0.29) is 5.54 Å². The average molecular weight is 400 g/mol. The van der Waals surface area contributed by atoms with E-state index in [0.29, 0.717) is 19.0 Å². The molecular weight excluding hydrogens is 374 g/mol. The van der Waals surface area contributed by atoms with Crippen LogP contribution in [-0.2, 0) is 13.1 Å². The summed E-state index contributed by atoms with van der Waals surface area (Å²) in [4.78, 5) is 7.16. The van der Waals surface area contributed by atoms with Gasteiger partial charge < -0.3 is 10.2 Å². The summed E-state index contributed by atoms with van der Waals surface area (Å²) in [5.41, 5.74) is 2.08. The monoisotopic (exact) mass is 399 g/mol. The van der Waals surface area contributed by atoms with Crippen LogP contribution in [0.3, 0.4) is 0 Å². The lowest BCUT2D eigenvalue weighted by molar-refractivity contribution is 0.239. The highest BCUT2D eigenvalue weighted by Gasteiger charge is 2.45. The summed E-state index contributed by atoms with van der Waals surface area (Å²) >= 11 is 11.9. The number of nitrogens with one attached hydrogen (secondary N) is 1. The first-order chi connectivity index (χ1) is 12.9. The molecular formula is C22H26ClN3S.